The maximum atomic E-state index is 11.8. The molecule has 106 valence electrons. The lowest BCUT2D eigenvalue weighted by molar-refractivity contribution is -0.139. The van der Waals surface area contributed by atoms with E-state index in [1.54, 1.807) is 6.92 Å². The number of hydrogen-bond acceptors (Lipinski definition) is 4. The van der Waals surface area contributed by atoms with E-state index in [2.05, 4.69) is 13.8 Å². The third kappa shape index (κ3) is 2.89. The van der Waals surface area contributed by atoms with E-state index in [1.807, 2.05) is 6.08 Å². The van der Waals surface area contributed by atoms with Gasteiger partial charge in [-0.3, -0.25) is 4.79 Å². The second-order valence-corrected chi connectivity index (χ2v) is 5.19. The molecule has 0 radical (unpaired) electrons. The topological polar surface area (TPSA) is 52.6 Å². The predicted molar refractivity (Wildman–Crippen MR) is 70.6 cm³/mol. The molecular weight excluding hydrogens is 244 g/mol. The van der Waals surface area contributed by atoms with Crippen LogP contribution in [-0.4, -0.2) is 30.6 Å². The number of ether oxygens (including phenoxy) is 2. The number of esters is 1. The molecule has 0 spiro atoms. The summed E-state index contributed by atoms with van der Waals surface area (Å²) in [5, 5.41) is 0. The largest absolute Gasteiger partial charge is 0.463 e. The van der Waals surface area contributed by atoms with Crippen molar-refractivity contribution in [3.8, 4) is 0 Å². The second-order valence-electron chi connectivity index (χ2n) is 5.19. The van der Waals surface area contributed by atoms with E-state index in [0.717, 1.165) is 12.8 Å². The molecule has 0 amide bonds. The van der Waals surface area contributed by atoms with E-state index < -0.39 is 0 Å². The van der Waals surface area contributed by atoms with Gasteiger partial charge in [0.05, 0.1) is 24.7 Å². The molecule has 1 saturated carbocycles. The van der Waals surface area contributed by atoms with E-state index in [1.165, 1.54) is 0 Å². The SMILES string of the molecule is CCOC(=O)C1=C[C@@H](OC(CC)CC)[C@H]2C(=O)[C@H]2C1. The summed E-state index contributed by atoms with van der Waals surface area (Å²) >= 11 is 0. The highest BCUT2D eigenvalue weighted by atomic mass is 16.5. The van der Waals surface area contributed by atoms with Crippen molar-refractivity contribution in [2.75, 3.05) is 6.61 Å². The van der Waals surface area contributed by atoms with Gasteiger partial charge in [0.25, 0.3) is 0 Å². The normalized spacial score (nSPS) is 28.9. The zero-order valence-electron chi connectivity index (χ0n) is 11.8. The van der Waals surface area contributed by atoms with Crippen LogP contribution in [0.1, 0.15) is 40.0 Å². The molecule has 2 aliphatic carbocycles. The molecular formula is C15H22O4. The van der Waals surface area contributed by atoms with Crippen molar-refractivity contribution in [2.45, 2.75) is 52.2 Å². The molecule has 19 heavy (non-hydrogen) atoms. The molecule has 0 unspecified atom stereocenters. The average molecular weight is 266 g/mol. The van der Waals surface area contributed by atoms with Crippen LogP contribution in [0, 0.1) is 11.8 Å². The molecule has 0 heterocycles. The van der Waals surface area contributed by atoms with Crippen molar-refractivity contribution < 1.29 is 19.1 Å². The van der Waals surface area contributed by atoms with Gasteiger partial charge >= 0.3 is 5.97 Å². The first-order chi connectivity index (χ1) is 9.12. The number of rotatable bonds is 6. The van der Waals surface area contributed by atoms with E-state index >= 15 is 0 Å². The molecule has 0 N–H and O–H groups in total. The first-order valence-electron chi connectivity index (χ1n) is 7.19. The van der Waals surface area contributed by atoms with E-state index in [9.17, 15) is 9.59 Å². The van der Waals surface area contributed by atoms with Gasteiger partial charge in [-0.25, -0.2) is 4.79 Å². The summed E-state index contributed by atoms with van der Waals surface area (Å²) in [5.41, 5.74) is 0.602. The van der Waals surface area contributed by atoms with Gasteiger partial charge in [0, 0.05) is 11.5 Å². The summed E-state index contributed by atoms with van der Waals surface area (Å²) < 4.78 is 11.0. The van der Waals surface area contributed by atoms with Crippen LogP contribution in [0.4, 0.5) is 0 Å². The minimum absolute atomic E-state index is 0.0243. The van der Waals surface area contributed by atoms with Crippen LogP contribution in [0.5, 0.6) is 0 Å². The molecule has 0 aromatic heterocycles. The Balaban J connectivity index is 2.08. The Labute approximate surface area is 114 Å². The Morgan fingerprint density at radius 1 is 1.37 bits per heavy atom. The van der Waals surface area contributed by atoms with Gasteiger partial charge in [-0.1, -0.05) is 13.8 Å². The number of hydrogen-bond donors (Lipinski definition) is 0. The third-order valence-corrected chi connectivity index (χ3v) is 3.98. The molecule has 1 fully saturated rings. The third-order valence-electron chi connectivity index (χ3n) is 3.98. The summed E-state index contributed by atoms with van der Waals surface area (Å²) in [6.07, 6.45) is 4.07. The summed E-state index contributed by atoms with van der Waals surface area (Å²) in [5.74, 6) is -0.132. The van der Waals surface area contributed by atoms with E-state index in [-0.39, 0.29) is 35.8 Å². The fourth-order valence-electron chi connectivity index (χ4n) is 2.74. The van der Waals surface area contributed by atoms with E-state index in [0.29, 0.717) is 18.6 Å². The number of fused-ring (bicyclic) bond motifs is 1. The van der Waals surface area contributed by atoms with Gasteiger partial charge in [0.15, 0.2) is 0 Å². The van der Waals surface area contributed by atoms with Crippen LogP contribution < -0.4 is 0 Å². The lowest BCUT2D eigenvalue weighted by Crippen LogP contribution is -2.26. The molecule has 3 atom stereocenters. The molecule has 4 nitrogen and oxygen atoms in total. The molecule has 0 bridgehead atoms. The number of ketones is 1. The van der Waals surface area contributed by atoms with Crippen LogP contribution in [-0.2, 0) is 19.1 Å². The zero-order valence-corrected chi connectivity index (χ0v) is 11.8. The molecule has 2 rings (SSSR count). The molecule has 0 aromatic rings. The fraction of sp³-hybridized carbons (Fsp3) is 0.733. The van der Waals surface area contributed by atoms with Crippen LogP contribution in [0.15, 0.2) is 11.6 Å². The molecule has 4 heteroatoms. The minimum Gasteiger partial charge on any atom is -0.463 e. The summed E-state index contributed by atoms with van der Waals surface area (Å²) in [6, 6.07) is 0. The number of carbonyl (C=O) groups is 2. The smallest absolute Gasteiger partial charge is 0.333 e. The first-order valence-corrected chi connectivity index (χ1v) is 7.19. The van der Waals surface area contributed by atoms with Crippen molar-refractivity contribution >= 4 is 11.8 Å². The highest BCUT2D eigenvalue weighted by molar-refractivity contribution is 6.03. The Hall–Kier alpha value is -1.16. The van der Waals surface area contributed by atoms with Crippen molar-refractivity contribution in [1.82, 2.24) is 0 Å². The summed E-state index contributed by atoms with van der Waals surface area (Å²) in [4.78, 5) is 23.5. The molecule has 0 saturated heterocycles. The van der Waals surface area contributed by atoms with Gasteiger partial charge in [0.2, 0.25) is 0 Å². The van der Waals surface area contributed by atoms with Gasteiger partial charge in [-0.15, -0.1) is 0 Å². The zero-order chi connectivity index (χ0) is 14.0. The predicted octanol–water partition coefficient (Wildman–Crippen LogP) is 2.27. The monoisotopic (exact) mass is 266 g/mol. The quantitative estimate of drug-likeness (QED) is 0.692. The van der Waals surface area contributed by atoms with Crippen molar-refractivity contribution in [1.29, 1.82) is 0 Å². The minimum atomic E-state index is -0.307. The second kappa shape index (κ2) is 5.87. The first kappa shape index (κ1) is 14.3. The van der Waals surface area contributed by atoms with Gasteiger partial charge in [0.1, 0.15) is 5.78 Å². The Kier molecular flexibility index (Phi) is 4.40. The Morgan fingerprint density at radius 2 is 2.05 bits per heavy atom. The van der Waals surface area contributed by atoms with E-state index in [4.69, 9.17) is 9.47 Å². The lowest BCUT2D eigenvalue weighted by atomic mass is 9.97. The van der Waals surface area contributed by atoms with Crippen molar-refractivity contribution in [2.24, 2.45) is 11.8 Å². The molecule has 0 aliphatic heterocycles. The lowest BCUT2D eigenvalue weighted by Gasteiger charge is -2.23. The van der Waals surface area contributed by atoms with Gasteiger partial charge < -0.3 is 9.47 Å². The van der Waals surface area contributed by atoms with Crippen LogP contribution in [0.2, 0.25) is 0 Å². The van der Waals surface area contributed by atoms with Crippen molar-refractivity contribution in [3.05, 3.63) is 11.6 Å². The standard InChI is InChI=1S/C15H22O4/c1-4-10(5-2)19-12-8-9(15(17)18-6-3)7-11-13(12)14(11)16/h8,10-13H,4-7H2,1-3H3/t11-,12+,13-/m0/s1. The Bertz CT molecular complexity index is 395. The summed E-state index contributed by atoms with van der Waals surface area (Å²) in [7, 11) is 0. The average Bonchev–Trinajstić information content (AvgIpc) is 3.07. The maximum Gasteiger partial charge on any atom is 0.333 e. The number of Topliss-reactive ketones (excluding diaryl/α,β-unsaturated/α-hetero) is 1. The van der Waals surface area contributed by atoms with Crippen LogP contribution >= 0.6 is 0 Å². The maximum absolute atomic E-state index is 11.8. The molecule has 0 aromatic carbocycles. The van der Waals surface area contributed by atoms with Gasteiger partial charge in [-0.2, -0.15) is 0 Å². The Morgan fingerprint density at radius 3 is 2.63 bits per heavy atom. The van der Waals surface area contributed by atoms with Crippen LogP contribution in [0.25, 0.3) is 0 Å². The van der Waals surface area contributed by atoms with Crippen molar-refractivity contribution in [3.63, 3.8) is 0 Å². The molecule has 2 aliphatic rings. The number of carbonyl (C=O) groups excluding carboxylic acids is 2. The van der Waals surface area contributed by atoms with Gasteiger partial charge in [-0.05, 0) is 32.3 Å². The highest BCUT2D eigenvalue weighted by Crippen LogP contribution is 2.47. The highest BCUT2D eigenvalue weighted by Gasteiger charge is 2.56. The summed E-state index contributed by atoms with van der Waals surface area (Å²) in [6.45, 7) is 6.28. The fourth-order valence-corrected chi connectivity index (χ4v) is 2.74. The van der Waals surface area contributed by atoms with Crippen LogP contribution in [0.3, 0.4) is 0 Å².